The molecule has 2 N–H and O–H groups in total. The molecule has 0 atom stereocenters. The molecule has 1 aliphatic carbocycles. The highest BCUT2D eigenvalue weighted by molar-refractivity contribution is 9.10. The van der Waals surface area contributed by atoms with Crippen LogP contribution >= 0.6 is 39.1 Å². The first-order chi connectivity index (χ1) is 14.5. The van der Waals surface area contributed by atoms with Gasteiger partial charge in [-0.2, -0.15) is 0 Å². The van der Waals surface area contributed by atoms with Crippen LogP contribution in [0, 0.1) is 11.7 Å². The van der Waals surface area contributed by atoms with Gasteiger partial charge in [-0.1, -0.05) is 27.5 Å². The van der Waals surface area contributed by atoms with Crippen molar-refractivity contribution >= 4 is 67.4 Å². The second-order valence-corrected chi connectivity index (χ2v) is 8.74. The maximum Gasteiger partial charge on any atom is 0.277 e. The fourth-order valence-corrected chi connectivity index (χ4v) is 3.92. The molecular weight excluding hydrogens is 498 g/mol. The lowest BCUT2D eigenvalue weighted by Crippen LogP contribution is -2.26. The van der Waals surface area contributed by atoms with Crippen molar-refractivity contribution in [1.82, 2.24) is 15.0 Å². The van der Waals surface area contributed by atoms with Crippen molar-refractivity contribution in [2.24, 2.45) is 5.92 Å². The fraction of sp³-hybridized carbons (Fsp3) is 0.300. The molecule has 1 saturated carbocycles. The third-order valence-corrected chi connectivity index (χ3v) is 5.77. The number of fused-ring (bicyclic) bond motifs is 1. The molecule has 0 radical (unpaired) electrons. The number of imidazole rings is 1. The Hall–Kier alpha value is -1.87. The number of halogens is 4. The van der Waals surface area contributed by atoms with Gasteiger partial charge in [0, 0.05) is 16.9 Å². The van der Waals surface area contributed by atoms with Crippen LogP contribution in [-0.2, 0) is 11.4 Å². The Balaban J connectivity index is 1.74. The van der Waals surface area contributed by atoms with Crippen LogP contribution in [0.1, 0.15) is 23.2 Å². The number of nitrogens with zero attached hydrogens (tertiary/aromatic N) is 2. The van der Waals surface area contributed by atoms with Gasteiger partial charge in [-0.3, -0.25) is 9.63 Å². The van der Waals surface area contributed by atoms with Crippen LogP contribution < -0.4 is 10.8 Å². The van der Waals surface area contributed by atoms with Crippen LogP contribution in [0.2, 0.25) is 5.02 Å². The standard InChI is InChI=1S/C20H18BrCl2FN4O2/c21-12-3-4-15(14(23)7-12)26-18-13(20(29)27-30-9-11-1-2-11)8-16-19(17(18)24)25-10-28(16)6-5-22/h3-4,7-8,10-11,26H,1-2,5-6,9H2,(H,27,29). The van der Waals surface area contributed by atoms with Crippen molar-refractivity contribution < 1.29 is 14.0 Å². The highest BCUT2D eigenvalue weighted by atomic mass is 79.9. The van der Waals surface area contributed by atoms with E-state index in [0.29, 0.717) is 41.2 Å². The topological polar surface area (TPSA) is 68.2 Å². The normalized spacial score (nSPS) is 13.6. The van der Waals surface area contributed by atoms with Gasteiger partial charge in [0.05, 0.1) is 40.4 Å². The third kappa shape index (κ3) is 4.56. The van der Waals surface area contributed by atoms with E-state index in [2.05, 4.69) is 31.7 Å². The van der Waals surface area contributed by atoms with Crippen LogP contribution in [0.3, 0.4) is 0 Å². The summed E-state index contributed by atoms with van der Waals surface area (Å²) in [6.07, 6.45) is 3.67. The summed E-state index contributed by atoms with van der Waals surface area (Å²) >= 11 is 15.5. The number of aromatic nitrogens is 2. The zero-order valence-electron chi connectivity index (χ0n) is 15.7. The van der Waals surface area contributed by atoms with Gasteiger partial charge in [-0.15, -0.1) is 11.6 Å². The van der Waals surface area contributed by atoms with Crippen molar-refractivity contribution in [1.29, 1.82) is 0 Å². The molecule has 10 heteroatoms. The van der Waals surface area contributed by atoms with Crippen molar-refractivity contribution in [3.8, 4) is 0 Å². The molecule has 0 spiro atoms. The molecule has 0 bridgehead atoms. The number of aryl methyl sites for hydroxylation is 1. The quantitative estimate of drug-likeness (QED) is 0.300. The number of hydrogen-bond acceptors (Lipinski definition) is 4. The summed E-state index contributed by atoms with van der Waals surface area (Å²) < 4.78 is 17.9. The fourth-order valence-electron chi connectivity index (χ4n) is 3.02. The largest absolute Gasteiger partial charge is 0.351 e. The van der Waals surface area contributed by atoms with Crippen LogP contribution in [0.25, 0.3) is 11.0 Å². The zero-order chi connectivity index (χ0) is 21.3. The number of amides is 1. The van der Waals surface area contributed by atoms with Crippen LogP contribution in [-0.4, -0.2) is 27.9 Å². The predicted molar refractivity (Wildman–Crippen MR) is 119 cm³/mol. The van der Waals surface area contributed by atoms with E-state index < -0.39 is 11.7 Å². The molecule has 0 saturated heterocycles. The average molecular weight is 516 g/mol. The van der Waals surface area contributed by atoms with E-state index in [-0.39, 0.29) is 16.8 Å². The van der Waals surface area contributed by atoms with Crippen molar-refractivity contribution in [2.75, 3.05) is 17.8 Å². The Morgan fingerprint density at radius 1 is 1.37 bits per heavy atom. The molecular formula is C20H18BrCl2FN4O2. The third-order valence-electron chi connectivity index (χ3n) is 4.80. The first-order valence-electron chi connectivity index (χ1n) is 9.35. The number of rotatable bonds is 8. The van der Waals surface area contributed by atoms with Gasteiger partial charge in [0.25, 0.3) is 5.91 Å². The number of nitrogens with one attached hydrogen (secondary N) is 2. The Kier molecular flexibility index (Phi) is 6.48. The maximum absolute atomic E-state index is 15.5. The van der Waals surface area contributed by atoms with E-state index in [1.807, 2.05) is 0 Å². The summed E-state index contributed by atoms with van der Waals surface area (Å²) in [6, 6.07) is 6.70. The second-order valence-electron chi connectivity index (χ2n) is 7.04. The summed E-state index contributed by atoms with van der Waals surface area (Å²) in [4.78, 5) is 22.3. The van der Waals surface area contributed by atoms with Gasteiger partial charge in [0.1, 0.15) is 5.52 Å². The van der Waals surface area contributed by atoms with Crippen LogP contribution in [0.5, 0.6) is 0 Å². The number of anilines is 2. The SMILES string of the molecule is O=C(NOCC1CC1)c1cc2c(ncn2CCCl)c(F)c1Nc1ccc(Br)cc1Cl. The second kappa shape index (κ2) is 9.09. The highest BCUT2D eigenvalue weighted by Crippen LogP contribution is 2.34. The van der Waals surface area contributed by atoms with Gasteiger partial charge in [-0.05, 0) is 43.0 Å². The lowest BCUT2D eigenvalue weighted by Gasteiger charge is -2.15. The molecule has 4 rings (SSSR count). The van der Waals surface area contributed by atoms with E-state index in [9.17, 15) is 4.79 Å². The van der Waals surface area contributed by atoms with E-state index >= 15 is 4.39 Å². The average Bonchev–Trinajstić information content (AvgIpc) is 3.45. The minimum Gasteiger partial charge on any atom is -0.351 e. The molecule has 0 aliphatic heterocycles. The van der Waals surface area contributed by atoms with E-state index in [0.717, 1.165) is 17.3 Å². The number of benzene rings is 2. The molecule has 3 aromatic rings. The van der Waals surface area contributed by atoms with Crippen molar-refractivity contribution in [3.05, 3.63) is 51.5 Å². The summed E-state index contributed by atoms with van der Waals surface area (Å²) in [6.45, 7) is 0.865. The summed E-state index contributed by atoms with van der Waals surface area (Å²) in [5.74, 6) is -0.431. The van der Waals surface area contributed by atoms with E-state index in [4.69, 9.17) is 28.0 Å². The van der Waals surface area contributed by atoms with Crippen LogP contribution in [0.4, 0.5) is 15.8 Å². The molecule has 6 nitrogen and oxygen atoms in total. The van der Waals surface area contributed by atoms with Gasteiger partial charge >= 0.3 is 0 Å². The van der Waals surface area contributed by atoms with E-state index in [1.54, 1.807) is 28.8 Å². The van der Waals surface area contributed by atoms with Gasteiger partial charge in [-0.25, -0.2) is 14.9 Å². The number of hydrogen-bond donors (Lipinski definition) is 2. The lowest BCUT2D eigenvalue weighted by atomic mass is 10.1. The summed E-state index contributed by atoms with van der Waals surface area (Å²) in [7, 11) is 0. The van der Waals surface area contributed by atoms with Crippen molar-refractivity contribution in [3.63, 3.8) is 0 Å². The molecule has 158 valence electrons. The van der Waals surface area contributed by atoms with Crippen molar-refractivity contribution in [2.45, 2.75) is 19.4 Å². The Bertz CT molecular complexity index is 1100. The number of carbonyl (C=O) groups excluding carboxylic acids is 1. The first-order valence-corrected chi connectivity index (χ1v) is 11.1. The molecule has 1 aliphatic rings. The summed E-state index contributed by atoms with van der Waals surface area (Å²) in [5, 5.41) is 3.31. The van der Waals surface area contributed by atoms with Crippen LogP contribution in [0.15, 0.2) is 35.1 Å². The number of alkyl halides is 1. The van der Waals surface area contributed by atoms with Gasteiger partial charge < -0.3 is 9.88 Å². The smallest absolute Gasteiger partial charge is 0.277 e. The molecule has 1 heterocycles. The summed E-state index contributed by atoms with van der Waals surface area (Å²) in [5.41, 5.74) is 3.50. The highest BCUT2D eigenvalue weighted by Gasteiger charge is 2.25. The molecule has 1 aromatic heterocycles. The monoisotopic (exact) mass is 514 g/mol. The Labute approximate surface area is 190 Å². The molecule has 0 unspecified atom stereocenters. The zero-order valence-corrected chi connectivity index (χ0v) is 18.8. The first kappa shape index (κ1) is 21.4. The molecule has 1 amide bonds. The molecule has 1 fully saturated rings. The van der Waals surface area contributed by atoms with Gasteiger partial charge in [0.15, 0.2) is 5.82 Å². The number of carbonyl (C=O) groups is 1. The minimum atomic E-state index is -0.660. The lowest BCUT2D eigenvalue weighted by molar-refractivity contribution is 0.0271. The number of hydroxylamine groups is 1. The van der Waals surface area contributed by atoms with E-state index in [1.165, 1.54) is 6.33 Å². The predicted octanol–water partition coefficient (Wildman–Crippen LogP) is 5.65. The molecule has 2 aromatic carbocycles. The maximum atomic E-state index is 15.5. The van der Waals surface area contributed by atoms with Gasteiger partial charge in [0.2, 0.25) is 0 Å². The Morgan fingerprint density at radius 2 is 2.17 bits per heavy atom. The Morgan fingerprint density at radius 3 is 2.87 bits per heavy atom. The molecule has 30 heavy (non-hydrogen) atoms. The minimum absolute atomic E-state index is 0.0321.